The molecule has 20 heavy (non-hydrogen) atoms. The Morgan fingerprint density at radius 3 is 2.75 bits per heavy atom. The maximum Gasteiger partial charge on any atom is 0.215 e. The van der Waals surface area contributed by atoms with Crippen molar-refractivity contribution in [3.8, 4) is 11.3 Å². The summed E-state index contributed by atoms with van der Waals surface area (Å²) >= 11 is 0. The fourth-order valence-corrected chi connectivity index (χ4v) is 3.32. The highest BCUT2D eigenvalue weighted by atomic mass is 15.2. The molecule has 0 fully saturated rings. The van der Waals surface area contributed by atoms with Gasteiger partial charge in [-0.25, -0.2) is 4.98 Å². The van der Waals surface area contributed by atoms with Crippen molar-refractivity contribution < 1.29 is 0 Å². The predicted octanol–water partition coefficient (Wildman–Crippen LogP) is 3.51. The van der Waals surface area contributed by atoms with Gasteiger partial charge in [0.1, 0.15) is 0 Å². The first-order valence-electron chi connectivity index (χ1n) is 6.96. The first kappa shape index (κ1) is 10.3. The van der Waals surface area contributed by atoms with E-state index >= 15 is 0 Å². The number of aryl methyl sites for hydroxylation is 2. The van der Waals surface area contributed by atoms with Crippen LogP contribution in [0.15, 0.2) is 54.7 Å². The molecule has 0 aliphatic carbocycles. The van der Waals surface area contributed by atoms with Crippen molar-refractivity contribution in [1.82, 2.24) is 14.0 Å². The number of nitrogens with zero attached hydrogens (tertiary/aromatic N) is 3. The van der Waals surface area contributed by atoms with Crippen LogP contribution in [0.3, 0.4) is 0 Å². The summed E-state index contributed by atoms with van der Waals surface area (Å²) in [5, 5.41) is 0. The van der Waals surface area contributed by atoms with Crippen molar-refractivity contribution >= 4 is 16.8 Å². The van der Waals surface area contributed by atoms with Crippen LogP contribution >= 0.6 is 0 Å². The van der Waals surface area contributed by atoms with E-state index in [1.54, 1.807) is 0 Å². The fourth-order valence-electron chi connectivity index (χ4n) is 3.32. The molecule has 2 aromatic carbocycles. The minimum Gasteiger partial charge on any atom is -0.309 e. The number of fused-ring (bicyclic) bond motifs is 3. The maximum absolute atomic E-state index is 4.85. The summed E-state index contributed by atoms with van der Waals surface area (Å²) in [5.41, 5.74) is 6.28. The van der Waals surface area contributed by atoms with Crippen LogP contribution in [0, 0.1) is 0 Å². The van der Waals surface area contributed by atoms with Crippen LogP contribution in [0.2, 0.25) is 0 Å². The van der Waals surface area contributed by atoms with E-state index in [2.05, 4.69) is 57.6 Å². The van der Waals surface area contributed by atoms with Crippen molar-refractivity contribution in [3.63, 3.8) is 0 Å². The Labute approximate surface area is 116 Å². The molecule has 0 unspecified atom stereocenters. The lowest BCUT2D eigenvalue weighted by Gasteiger charge is -1.96. The van der Waals surface area contributed by atoms with E-state index in [-0.39, 0.29) is 0 Å². The van der Waals surface area contributed by atoms with Gasteiger partial charge in [0.2, 0.25) is 5.78 Å². The highest BCUT2D eigenvalue weighted by Gasteiger charge is 2.20. The summed E-state index contributed by atoms with van der Waals surface area (Å²) in [6, 6.07) is 16.9. The van der Waals surface area contributed by atoms with Crippen LogP contribution in [0.1, 0.15) is 5.56 Å². The van der Waals surface area contributed by atoms with Crippen LogP contribution in [0.25, 0.3) is 28.1 Å². The zero-order valence-corrected chi connectivity index (χ0v) is 11.0. The molecule has 3 heteroatoms. The number of aromatic nitrogens is 3. The lowest BCUT2D eigenvalue weighted by molar-refractivity contribution is 0.778. The Bertz CT molecular complexity index is 945. The third-order valence-corrected chi connectivity index (χ3v) is 4.23. The Hall–Kier alpha value is -2.55. The number of hydrogen-bond acceptors (Lipinski definition) is 1. The summed E-state index contributed by atoms with van der Waals surface area (Å²) in [4.78, 5) is 4.85. The van der Waals surface area contributed by atoms with Crippen molar-refractivity contribution in [2.45, 2.75) is 13.0 Å². The zero-order valence-electron chi connectivity index (χ0n) is 11.0. The van der Waals surface area contributed by atoms with Gasteiger partial charge in [0, 0.05) is 18.3 Å². The Morgan fingerprint density at radius 1 is 0.950 bits per heavy atom. The number of hydrogen-bond donors (Lipinski definition) is 0. The summed E-state index contributed by atoms with van der Waals surface area (Å²) in [5.74, 6) is 1.06. The molecule has 5 rings (SSSR count). The number of rotatable bonds is 1. The van der Waals surface area contributed by atoms with Gasteiger partial charge < -0.3 is 4.57 Å². The molecule has 96 valence electrons. The first-order chi connectivity index (χ1) is 9.92. The van der Waals surface area contributed by atoms with Crippen LogP contribution in [-0.2, 0) is 13.0 Å². The number of para-hydroxylation sites is 1. The molecule has 3 nitrogen and oxygen atoms in total. The molecule has 0 N–H and O–H groups in total. The summed E-state index contributed by atoms with van der Waals surface area (Å²) in [6.45, 7) is 1.04. The monoisotopic (exact) mass is 259 g/mol. The van der Waals surface area contributed by atoms with Crippen molar-refractivity contribution in [1.29, 1.82) is 0 Å². The van der Waals surface area contributed by atoms with E-state index in [1.807, 2.05) is 6.07 Å². The van der Waals surface area contributed by atoms with Crippen molar-refractivity contribution in [2.24, 2.45) is 0 Å². The number of imidazole rings is 2. The van der Waals surface area contributed by atoms with E-state index < -0.39 is 0 Å². The second-order valence-corrected chi connectivity index (χ2v) is 5.35. The van der Waals surface area contributed by atoms with Gasteiger partial charge in [0.15, 0.2) is 0 Å². The molecular formula is C17H13N3. The summed E-state index contributed by atoms with van der Waals surface area (Å²) in [6.07, 6.45) is 3.27. The normalized spacial score (nSPS) is 13.6. The number of benzene rings is 2. The first-order valence-corrected chi connectivity index (χ1v) is 6.96. The van der Waals surface area contributed by atoms with Crippen LogP contribution in [0.4, 0.5) is 0 Å². The minimum atomic E-state index is 1.04. The standard InChI is InChI=1S/C17H13N3/c1-2-5-12(6-3-1)14-11-20-15-8-4-7-13-9-10-19(16(13)15)17(20)18-14/h1-8,11H,9-10H2. The Morgan fingerprint density at radius 2 is 1.85 bits per heavy atom. The third kappa shape index (κ3) is 1.17. The summed E-state index contributed by atoms with van der Waals surface area (Å²) < 4.78 is 4.57. The summed E-state index contributed by atoms with van der Waals surface area (Å²) in [7, 11) is 0. The van der Waals surface area contributed by atoms with Gasteiger partial charge >= 0.3 is 0 Å². The molecule has 0 atom stereocenters. The van der Waals surface area contributed by atoms with Gasteiger partial charge in [-0.05, 0) is 18.1 Å². The van der Waals surface area contributed by atoms with Crippen LogP contribution in [0.5, 0.6) is 0 Å². The largest absolute Gasteiger partial charge is 0.309 e. The van der Waals surface area contributed by atoms with Gasteiger partial charge in [-0.2, -0.15) is 0 Å². The highest BCUT2D eigenvalue weighted by Crippen LogP contribution is 2.31. The molecule has 2 aromatic heterocycles. The van der Waals surface area contributed by atoms with E-state index in [0.29, 0.717) is 0 Å². The molecule has 1 aliphatic heterocycles. The quantitative estimate of drug-likeness (QED) is 0.513. The molecule has 0 bridgehead atoms. The van der Waals surface area contributed by atoms with E-state index in [1.165, 1.54) is 22.2 Å². The molecule has 3 heterocycles. The molecule has 0 spiro atoms. The van der Waals surface area contributed by atoms with E-state index in [4.69, 9.17) is 4.98 Å². The molecule has 0 saturated heterocycles. The molecule has 4 aromatic rings. The molecule has 0 radical (unpaired) electrons. The SMILES string of the molecule is c1ccc(-c2cn3c4cccc5c4n(c3n2)CC5)cc1. The maximum atomic E-state index is 4.85. The predicted molar refractivity (Wildman–Crippen MR) is 79.8 cm³/mol. The van der Waals surface area contributed by atoms with Crippen molar-refractivity contribution in [2.75, 3.05) is 0 Å². The second kappa shape index (κ2) is 3.51. The Balaban J connectivity index is 1.87. The third-order valence-electron chi connectivity index (χ3n) is 4.23. The van der Waals surface area contributed by atoms with Gasteiger partial charge in [-0.1, -0.05) is 42.5 Å². The minimum absolute atomic E-state index is 1.04. The van der Waals surface area contributed by atoms with E-state index in [9.17, 15) is 0 Å². The average Bonchev–Trinajstić information content (AvgIpc) is 3.17. The fraction of sp³-hybridized carbons (Fsp3) is 0.118. The van der Waals surface area contributed by atoms with E-state index in [0.717, 1.165) is 24.4 Å². The average molecular weight is 259 g/mol. The lowest BCUT2D eigenvalue weighted by atomic mass is 10.1. The molecule has 0 saturated carbocycles. The van der Waals surface area contributed by atoms with Gasteiger partial charge in [-0.15, -0.1) is 0 Å². The van der Waals surface area contributed by atoms with Gasteiger partial charge in [-0.3, -0.25) is 4.40 Å². The Kier molecular flexibility index (Phi) is 1.80. The molecular weight excluding hydrogens is 246 g/mol. The second-order valence-electron chi connectivity index (χ2n) is 5.35. The van der Waals surface area contributed by atoms with Crippen molar-refractivity contribution in [3.05, 3.63) is 60.3 Å². The van der Waals surface area contributed by atoms with Gasteiger partial charge in [0.05, 0.1) is 16.7 Å². The lowest BCUT2D eigenvalue weighted by Crippen LogP contribution is -1.93. The van der Waals surface area contributed by atoms with Crippen LogP contribution in [-0.4, -0.2) is 14.0 Å². The molecule has 1 aliphatic rings. The highest BCUT2D eigenvalue weighted by molar-refractivity contribution is 5.86. The smallest absolute Gasteiger partial charge is 0.215 e. The topological polar surface area (TPSA) is 22.2 Å². The molecule has 0 amide bonds. The zero-order chi connectivity index (χ0) is 13.1. The van der Waals surface area contributed by atoms with Gasteiger partial charge in [0.25, 0.3) is 0 Å². The van der Waals surface area contributed by atoms with Crippen LogP contribution < -0.4 is 0 Å².